The number of pyridine rings is 1. The second-order valence-electron chi connectivity index (χ2n) is 7.96. The second kappa shape index (κ2) is 7.74. The van der Waals surface area contributed by atoms with Crippen LogP contribution in [0.25, 0.3) is 17.2 Å². The van der Waals surface area contributed by atoms with Crippen molar-refractivity contribution < 1.29 is 13.2 Å². The molecule has 5 rings (SSSR count). The molecule has 0 bridgehead atoms. The van der Waals surface area contributed by atoms with Crippen LogP contribution in [0.2, 0.25) is 0 Å². The van der Waals surface area contributed by atoms with Gasteiger partial charge in [0.05, 0.1) is 11.8 Å². The molecule has 0 radical (unpaired) electrons. The third-order valence-corrected chi connectivity index (χ3v) is 6.10. The highest BCUT2D eigenvalue weighted by molar-refractivity contribution is 5.59. The molecule has 2 aliphatic rings. The zero-order chi connectivity index (χ0) is 21.6. The standard InChI is InChI=1S/C20H23F3N8/c1-12-18(13-8-27-28-9-13)24-6-7-30(12)17-4-5-25-19(29-17)15-10-26-16-3-2-14(11-31(15)16)20(21,22)23/h2-5,10-13,18,24,27-28H,6-9H2,1H3/t12-,18+/m1/s1. The van der Waals surface area contributed by atoms with Crippen molar-refractivity contribution in [3.05, 3.63) is 42.4 Å². The van der Waals surface area contributed by atoms with Crippen LogP contribution in [0.15, 0.2) is 36.8 Å². The lowest BCUT2D eigenvalue weighted by atomic mass is 9.92. The quantitative estimate of drug-likeness (QED) is 0.581. The number of piperazine rings is 1. The summed E-state index contributed by atoms with van der Waals surface area (Å²) in [5.74, 6) is 1.55. The Bertz CT molecular complexity index is 1080. The number of imidazole rings is 1. The minimum Gasteiger partial charge on any atom is -0.351 e. The van der Waals surface area contributed by atoms with E-state index in [4.69, 9.17) is 4.98 Å². The molecular weight excluding hydrogens is 409 g/mol. The van der Waals surface area contributed by atoms with Gasteiger partial charge in [-0.3, -0.25) is 15.3 Å². The van der Waals surface area contributed by atoms with Crippen LogP contribution in [-0.2, 0) is 6.18 Å². The molecule has 2 atom stereocenters. The fourth-order valence-corrected chi connectivity index (χ4v) is 4.48. The van der Waals surface area contributed by atoms with Crippen molar-refractivity contribution in [2.75, 3.05) is 31.1 Å². The van der Waals surface area contributed by atoms with Crippen LogP contribution in [0.5, 0.6) is 0 Å². The van der Waals surface area contributed by atoms with E-state index < -0.39 is 11.7 Å². The highest BCUT2D eigenvalue weighted by Gasteiger charge is 2.35. The summed E-state index contributed by atoms with van der Waals surface area (Å²) in [4.78, 5) is 15.5. The number of nitrogens with one attached hydrogen (secondary N) is 3. The first-order chi connectivity index (χ1) is 14.9. The highest BCUT2D eigenvalue weighted by atomic mass is 19.4. The molecule has 5 heterocycles. The molecule has 0 unspecified atom stereocenters. The van der Waals surface area contributed by atoms with E-state index in [1.807, 2.05) is 6.07 Å². The summed E-state index contributed by atoms with van der Waals surface area (Å²) >= 11 is 0. The predicted octanol–water partition coefficient (Wildman–Crippen LogP) is 1.70. The summed E-state index contributed by atoms with van der Waals surface area (Å²) in [6, 6.07) is 4.71. The highest BCUT2D eigenvalue weighted by Crippen LogP contribution is 2.31. The van der Waals surface area contributed by atoms with E-state index in [1.54, 1.807) is 6.20 Å². The summed E-state index contributed by atoms with van der Waals surface area (Å²) in [6.07, 6.45) is -0.244. The molecule has 11 heteroatoms. The summed E-state index contributed by atoms with van der Waals surface area (Å²) in [6.45, 7) is 5.58. The Kier molecular flexibility index (Phi) is 5.03. The number of hydrogen-bond acceptors (Lipinski definition) is 7. The molecule has 3 aromatic heterocycles. The smallest absolute Gasteiger partial charge is 0.351 e. The van der Waals surface area contributed by atoms with E-state index in [1.165, 1.54) is 16.7 Å². The van der Waals surface area contributed by atoms with Gasteiger partial charge in [-0.2, -0.15) is 13.2 Å². The average Bonchev–Trinajstić information content (AvgIpc) is 3.43. The van der Waals surface area contributed by atoms with Crippen molar-refractivity contribution in [1.82, 2.24) is 35.5 Å². The van der Waals surface area contributed by atoms with Crippen LogP contribution in [0.3, 0.4) is 0 Å². The molecule has 0 amide bonds. The van der Waals surface area contributed by atoms with Gasteiger partial charge in [0.25, 0.3) is 0 Å². The van der Waals surface area contributed by atoms with Crippen LogP contribution < -0.4 is 21.1 Å². The third kappa shape index (κ3) is 3.73. The van der Waals surface area contributed by atoms with Crippen molar-refractivity contribution >= 4 is 11.5 Å². The van der Waals surface area contributed by atoms with E-state index in [0.717, 1.165) is 44.3 Å². The summed E-state index contributed by atoms with van der Waals surface area (Å²) in [5.41, 5.74) is 6.45. The Balaban J connectivity index is 1.48. The molecule has 2 saturated heterocycles. The molecule has 0 spiro atoms. The molecule has 2 aliphatic heterocycles. The molecule has 0 saturated carbocycles. The lowest BCUT2D eigenvalue weighted by molar-refractivity contribution is -0.137. The zero-order valence-electron chi connectivity index (χ0n) is 16.9. The lowest BCUT2D eigenvalue weighted by Gasteiger charge is -2.43. The lowest BCUT2D eigenvalue weighted by Crippen LogP contribution is -2.60. The first kappa shape index (κ1) is 20.2. The maximum Gasteiger partial charge on any atom is 0.417 e. The predicted molar refractivity (Wildman–Crippen MR) is 109 cm³/mol. The average molecular weight is 432 g/mol. The van der Waals surface area contributed by atoms with Gasteiger partial charge in [-0.15, -0.1) is 0 Å². The topological polar surface area (TPSA) is 82.4 Å². The first-order valence-electron chi connectivity index (χ1n) is 10.3. The molecule has 8 nitrogen and oxygen atoms in total. The van der Waals surface area contributed by atoms with Crippen molar-refractivity contribution in [3.8, 4) is 11.5 Å². The third-order valence-electron chi connectivity index (χ3n) is 6.10. The van der Waals surface area contributed by atoms with Gasteiger partial charge in [0, 0.05) is 56.6 Å². The zero-order valence-corrected chi connectivity index (χ0v) is 16.9. The van der Waals surface area contributed by atoms with Crippen molar-refractivity contribution in [2.24, 2.45) is 5.92 Å². The fraction of sp³-hybridized carbons (Fsp3) is 0.450. The molecular formula is C20H23F3N8. The molecule has 31 heavy (non-hydrogen) atoms. The van der Waals surface area contributed by atoms with Crippen molar-refractivity contribution in [2.45, 2.75) is 25.2 Å². The van der Waals surface area contributed by atoms with Gasteiger partial charge in [0.2, 0.25) is 0 Å². The van der Waals surface area contributed by atoms with Gasteiger partial charge < -0.3 is 10.2 Å². The van der Waals surface area contributed by atoms with Crippen molar-refractivity contribution in [3.63, 3.8) is 0 Å². The Labute approximate surface area is 176 Å². The van der Waals surface area contributed by atoms with E-state index in [2.05, 4.69) is 38.0 Å². The van der Waals surface area contributed by atoms with Crippen LogP contribution in [0.1, 0.15) is 12.5 Å². The van der Waals surface area contributed by atoms with Gasteiger partial charge in [0.15, 0.2) is 5.82 Å². The monoisotopic (exact) mass is 432 g/mol. The Morgan fingerprint density at radius 3 is 2.68 bits per heavy atom. The second-order valence-corrected chi connectivity index (χ2v) is 7.96. The SMILES string of the molecule is C[C@@H]1[C@@H](C2CNNC2)NCCN1c1ccnc(-c2cnc3ccc(C(F)(F)F)cn23)n1. The Hall–Kier alpha value is -2.76. The number of alkyl halides is 3. The molecule has 3 aromatic rings. The van der Waals surface area contributed by atoms with E-state index in [-0.39, 0.29) is 6.04 Å². The van der Waals surface area contributed by atoms with Gasteiger partial charge >= 0.3 is 6.18 Å². The van der Waals surface area contributed by atoms with Crippen LogP contribution >= 0.6 is 0 Å². The van der Waals surface area contributed by atoms with Gasteiger partial charge in [0.1, 0.15) is 17.2 Å². The number of nitrogens with zero attached hydrogens (tertiary/aromatic N) is 5. The van der Waals surface area contributed by atoms with Crippen LogP contribution in [0, 0.1) is 5.92 Å². The molecule has 164 valence electrons. The Morgan fingerprint density at radius 1 is 1.10 bits per heavy atom. The minimum atomic E-state index is -4.44. The van der Waals surface area contributed by atoms with Crippen LogP contribution in [0.4, 0.5) is 19.0 Å². The fourth-order valence-electron chi connectivity index (χ4n) is 4.48. The minimum absolute atomic E-state index is 0.196. The number of hydrazine groups is 1. The maximum atomic E-state index is 13.2. The van der Waals surface area contributed by atoms with Gasteiger partial charge in [-0.25, -0.2) is 15.0 Å². The van der Waals surface area contributed by atoms with Crippen LogP contribution in [-0.4, -0.2) is 57.6 Å². The largest absolute Gasteiger partial charge is 0.417 e. The molecule has 3 N–H and O–H groups in total. The first-order valence-corrected chi connectivity index (χ1v) is 10.3. The van der Waals surface area contributed by atoms with E-state index in [9.17, 15) is 13.2 Å². The Morgan fingerprint density at radius 2 is 1.90 bits per heavy atom. The number of rotatable bonds is 3. The molecule has 2 fully saturated rings. The molecule has 0 aliphatic carbocycles. The number of hydrogen-bond donors (Lipinski definition) is 3. The maximum absolute atomic E-state index is 13.2. The summed E-state index contributed by atoms with van der Waals surface area (Å²) in [7, 11) is 0. The number of halogens is 3. The van der Waals surface area contributed by atoms with Gasteiger partial charge in [-0.05, 0) is 25.1 Å². The van der Waals surface area contributed by atoms with E-state index >= 15 is 0 Å². The molecule has 0 aromatic carbocycles. The number of aromatic nitrogens is 4. The summed E-state index contributed by atoms with van der Waals surface area (Å²) in [5, 5.41) is 3.61. The number of fused-ring (bicyclic) bond motifs is 1. The number of anilines is 1. The normalized spacial score (nSPS) is 23.0. The van der Waals surface area contributed by atoms with Crippen molar-refractivity contribution in [1.29, 1.82) is 0 Å². The summed E-state index contributed by atoms with van der Waals surface area (Å²) < 4.78 is 40.9. The van der Waals surface area contributed by atoms with E-state index in [0.29, 0.717) is 29.1 Å². The van der Waals surface area contributed by atoms with Gasteiger partial charge in [-0.1, -0.05) is 0 Å².